The number of phenolic OH excluding ortho intramolecular Hbond substituents is 1. The minimum Gasteiger partial charge on any atom is -0.520 e. The van der Waals surface area contributed by atoms with Crippen molar-refractivity contribution in [2.45, 2.75) is 12.0 Å². The van der Waals surface area contributed by atoms with Crippen LogP contribution in [0.25, 0.3) is 66.7 Å². The molecule has 0 saturated heterocycles. The van der Waals surface area contributed by atoms with Gasteiger partial charge in [0.1, 0.15) is 28.8 Å². The van der Waals surface area contributed by atoms with Gasteiger partial charge < -0.3 is 18.8 Å². The fourth-order valence-electron chi connectivity index (χ4n) is 6.39. The number of aromatic nitrogens is 3. The van der Waals surface area contributed by atoms with Crippen LogP contribution in [0, 0.1) is 6.07 Å². The molecule has 7 aromatic rings. The van der Waals surface area contributed by atoms with Gasteiger partial charge in [-0.2, -0.15) is 0 Å². The van der Waals surface area contributed by atoms with Crippen LogP contribution < -0.4 is 4.74 Å². The normalized spacial score (nSPS) is 16.7. The van der Waals surface area contributed by atoms with E-state index in [2.05, 4.69) is 42.5 Å². The maximum absolute atomic E-state index is 11.1. The molecule has 3 aromatic heterocycles. The van der Waals surface area contributed by atoms with Crippen molar-refractivity contribution in [3.05, 3.63) is 121 Å². The first-order valence-corrected chi connectivity index (χ1v) is 14.3. The van der Waals surface area contributed by atoms with Crippen molar-refractivity contribution in [1.82, 2.24) is 14.5 Å². The number of phenols is 1. The van der Waals surface area contributed by atoms with E-state index in [-0.39, 0.29) is 38.8 Å². The Morgan fingerprint density at radius 2 is 1.68 bits per heavy atom. The van der Waals surface area contributed by atoms with Crippen LogP contribution in [0.4, 0.5) is 0 Å². The number of pyridine rings is 1. The summed E-state index contributed by atoms with van der Waals surface area (Å²) in [4.78, 5) is 10.0. The van der Waals surface area contributed by atoms with Gasteiger partial charge in [0.25, 0.3) is 0 Å². The Kier molecular flexibility index (Phi) is 6.11. The van der Waals surface area contributed by atoms with Gasteiger partial charge in [0, 0.05) is 62.3 Å². The summed E-state index contributed by atoms with van der Waals surface area (Å²) >= 11 is 0. The molecule has 216 valence electrons. The maximum atomic E-state index is 11.1. The molecule has 4 aromatic carbocycles. The number of benzene rings is 4. The zero-order valence-corrected chi connectivity index (χ0v) is 25.7. The Balaban J connectivity index is 0.00000289. The smallest absolute Gasteiger partial charge is 0.139 e. The molecule has 0 bridgehead atoms. The summed E-state index contributed by atoms with van der Waals surface area (Å²) in [6.07, 6.45) is 10.3. The van der Waals surface area contributed by atoms with E-state index in [4.69, 9.17) is 19.1 Å². The second kappa shape index (κ2) is 10.1. The molecule has 1 aliphatic heterocycles. The molecule has 44 heavy (non-hydrogen) atoms. The zero-order chi connectivity index (χ0) is 28.7. The van der Waals surface area contributed by atoms with Gasteiger partial charge in [-0.25, -0.2) is 0 Å². The largest absolute Gasteiger partial charge is 0.520 e. The summed E-state index contributed by atoms with van der Waals surface area (Å²) in [5.74, 6) is 1.66. The summed E-state index contributed by atoms with van der Waals surface area (Å²) in [6, 6.07) is 29.5. The molecule has 0 radical (unpaired) electrons. The van der Waals surface area contributed by atoms with E-state index in [0.717, 1.165) is 61.1 Å². The van der Waals surface area contributed by atoms with Crippen molar-refractivity contribution in [1.29, 1.82) is 0 Å². The van der Waals surface area contributed by atoms with Crippen LogP contribution >= 0.6 is 0 Å². The van der Waals surface area contributed by atoms with Crippen LogP contribution in [-0.2, 0) is 28.1 Å². The SMILES string of the molecule is Cn1cc(-c2[c-]c(-c3ccc4ccccc4n3)c3c(c2)C2C=CC=CC2O3)nc1-c1cc2c(cc1O)oc1ccccc12.[Pt]. The predicted molar refractivity (Wildman–Crippen MR) is 168 cm³/mol. The van der Waals surface area contributed by atoms with Gasteiger partial charge >= 0.3 is 0 Å². The van der Waals surface area contributed by atoms with Crippen molar-refractivity contribution in [2.75, 3.05) is 0 Å². The van der Waals surface area contributed by atoms with E-state index in [1.807, 2.05) is 78.5 Å². The van der Waals surface area contributed by atoms with E-state index < -0.39 is 0 Å². The standard InChI is InChI=1S/C37H24N3O3.Pt/c1-40-20-31(39-37(40)28-18-25-23-9-3-6-12-33(23)42-35(25)19-32(28)41)22-16-26-24-10-4-7-13-34(24)43-36(26)27(17-22)30-15-14-21-8-2-5-11-29(21)38-30;/h2-16,18-20,24,34,41H,1H3;/q-1;. The number of aryl methyl sites for hydroxylation is 1. The second-order valence-electron chi connectivity index (χ2n) is 11.1. The number of ether oxygens (including phenoxy) is 1. The van der Waals surface area contributed by atoms with Crippen molar-refractivity contribution in [2.24, 2.45) is 7.05 Å². The van der Waals surface area contributed by atoms with Gasteiger partial charge in [-0.05, 0) is 35.9 Å². The Morgan fingerprint density at radius 3 is 2.61 bits per heavy atom. The average Bonchev–Trinajstić information content (AvgIpc) is 3.72. The molecule has 1 N–H and O–H groups in total. The molecule has 7 heteroatoms. The molecule has 6 nitrogen and oxygen atoms in total. The van der Waals surface area contributed by atoms with Crippen LogP contribution in [0.3, 0.4) is 0 Å². The maximum Gasteiger partial charge on any atom is 0.139 e. The van der Waals surface area contributed by atoms with E-state index in [1.54, 1.807) is 6.07 Å². The molecule has 2 unspecified atom stereocenters. The number of hydrogen-bond acceptors (Lipinski definition) is 5. The molecule has 0 amide bonds. The monoisotopic (exact) mass is 753 g/mol. The third-order valence-corrected chi connectivity index (χ3v) is 8.49. The van der Waals surface area contributed by atoms with Crippen molar-refractivity contribution in [3.63, 3.8) is 0 Å². The van der Waals surface area contributed by atoms with Gasteiger partial charge in [-0.3, -0.25) is 9.97 Å². The van der Waals surface area contributed by atoms with E-state index >= 15 is 0 Å². The topological polar surface area (TPSA) is 73.3 Å². The molecule has 4 heterocycles. The molecular weight excluding hydrogens is 730 g/mol. The van der Waals surface area contributed by atoms with Gasteiger partial charge in [0.05, 0.1) is 16.8 Å². The van der Waals surface area contributed by atoms with Gasteiger partial charge in [-0.15, -0.1) is 12.1 Å². The predicted octanol–water partition coefficient (Wildman–Crippen LogP) is 8.34. The second-order valence-corrected chi connectivity index (χ2v) is 11.1. The van der Waals surface area contributed by atoms with Crippen molar-refractivity contribution >= 4 is 32.8 Å². The summed E-state index contributed by atoms with van der Waals surface area (Å²) in [7, 11) is 1.94. The van der Waals surface area contributed by atoms with Crippen LogP contribution in [0.5, 0.6) is 11.5 Å². The van der Waals surface area contributed by atoms with Gasteiger partial charge in [0.2, 0.25) is 0 Å². The molecule has 9 rings (SSSR count). The fourth-order valence-corrected chi connectivity index (χ4v) is 6.39. The molecule has 1 aliphatic carbocycles. The minimum atomic E-state index is -0.0735. The number of para-hydroxylation sites is 2. The quantitative estimate of drug-likeness (QED) is 0.184. The number of hydrogen-bond donors (Lipinski definition) is 1. The number of nitrogens with zero attached hydrogens (tertiary/aromatic N) is 3. The van der Waals surface area contributed by atoms with Gasteiger partial charge in [-0.1, -0.05) is 83.4 Å². The first-order chi connectivity index (χ1) is 21.1. The van der Waals surface area contributed by atoms with E-state index in [1.165, 1.54) is 0 Å². The van der Waals surface area contributed by atoms with Crippen molar-refractivity contribution in [3.8, 4) is 45.4 Å². The molecular formula is C37H24N3O3Pt-. The number of fused-ring (bicyclic) bond motifs is 7. The molecule has 2 atom stereocenters. The third kappa shape index (κ3) is 4.05. The minimum absolute atomic E-state index is 0. The Bertz CT molecular complexity index is 2330. The number of aromatic hydroxyl groups is 1. The fraction of sp³-hybridized carbons (Fsp3) is 0.0811. The molecule has 2 aliphatic rings. The summed E-state index contributed by atoms with van der Waals surface area (Å²) in [5.41, 5.74) is 7.26. The van der Waals surface area contributed by atoms with Crippen LogP contribution in [-0.4, -0.2) is 25.7 Å². The summed E-state index contributed by atoms with van der Waals surface area (Å²) < 4.78 is 14.4. The number of furan rings is 1. The van der Waals surface area contributed by atoms with Crippen LogP contribution in [0.15, 0.2) is 114 Å². The van der Waals surface area contributed by atoms with E-state index in [9.17, 15) is 5.11 Å². The van der Waals surface area contributed by atoms with Gasteiger partial charge in [0.15, 0.2) is 0 Å². The number of imidazole rings is 1. The first kappa shape index (κ1) is 26.7. The van der Waals surface area contributed by atoms with Crippen LogP contribution in [0.1, 0.15) is 11.5 Å². The summed E-state index contributed by atoms with van der Waals surface area (Å²) in [6.45, 7) is 0. The number of rotatable bonds is 3. The molecule has 0 fully saturated rings. The third-order valence-electron chi connectivity index (χ3n) is 8.49. The average molecular weight is 754 g/mol. The zero-order valence-electron chi connectivity index (χ0n) is 23.5. The van der Waals surface area contributed by atoms with Crippen LogP contribution in [0.2, 0.25) is 0 Å². The molecule has 0 spiro atoms. The first-order valence-electron chi connectivity index (χ1n) is 14.3. The number of allylic oxidation sites excluding steroid dienone is 2. The molecule has 0 saturated carbocycles. The van der Waals surface area contributed by atoms with Crippen molar-refractivity contribution < 1.29 is 35.3 Å². The summed E-state index contributed by atoms with van der Waals surface area (Å²) in [5, 5.41) is 14.1. The Morgan fingerprint density at radius 1 is 0.841 bits per heavy atom. The van der Waals surface area contributed by atoms with E-state index in [0.29, 0.717) is 17.0 Å². The Labute approximate surface area is 267 Å². The Hall–Kier alpha value is -4.93.